The minimum absolute atomic E-state index is 0.216. The standard InChI is InChI=1S/C10H16O2/c1-2-4-9(11)6-7-10-5-3-8-12-10/h2,4,10H,3,5-8H2,1H3/b4-2+. The third-order valence-corrected chi connectivity index (χ3v) is 2.09. The molecule has 0 spiro atoms. The average Bonchev–Trinajstić information content (AvgIpc) is 2.53. The minimum Gasteiger partial charge on any atom is -0.378 e. The zero-order valence-electron chi connectivity index (χ0n) is 7.58. The number of rotatable bonds is 4. The minimum atomic E-state index is 0.216. The second kappa shape index (κ2) is 5.09. The molecule has 0 aromatic rings. The van der Waals surface area contributed by atoms with Crippen LogP contribution in [-0.2, 0) is 9.53 Å². The lowest BCUT2D eigenvalue weighted by atomic mass is 10.1. The van der Waals surface area contributed by atoms with E-state index in [2.05, 4.69) is 0 Å². The van der Waals surface area contributed by atoms with Gasteiger partial charge in [-0.15, -0.1) is 0 Å². The van der Waals surface area contributed by atoms with Crippen LogP contribution in [0.3, 0.4) is 0 Å². The molecular formula is C10H16O2. The highest BCUT2D eigenvalue weighted by Crippen LogP contribution is 2.16. The first-order chi connectivity index (χ1) is 5.83. The largest absolute Gasteiger partial charge is 0.378 e. The van der Waals surface area contributed by atoms with Gasteiger partial charge in [0.05, 0.1) is 6.10 Å². The van der Waals surface area contributed by atoms with Crippen molar-refractivity contribution in [2.45, 2.75) is 38.7 Å². The number of hydrogen-bond donors (Lipinski definition) is 0. The van der Waals surface area contributed by atoms with Crippen molar-refractivity contribution in [1.82, 2.24) is 0 Å². The Morgan fingerprint density at radius 1 is 1.67 bits per heavy atom. The molecule has 0 bridgehead atoms. The van der Waals surface area contributed by atoms with E-state index in [-0.39, 0.29) is 5.78 Å². The van der Waals surface area contributed by atoms with Crippen LogP contribution in [0.25, 0.3) is 0 Å². The van der Waals surface area contributed by atoms with Crippen LogP contribution in [0.15, 0.2) is 12.2 Å². The summed E-state index contributed by atoms with van der Waals surface area (Å²) in [5.41, 5.74) is 0. The van der Waals surface area contributed by atoms with Crippen molar-refractivity contribution in [2.75, 3.05) is 6.61 Å². The number of ether oxygens (including phenoxy) is 1. The van der Waals surface area contributed by atoms with Gasteiger partial charge in [-0.1, -0.05) is 6.08 Å². The van der Waals surface area contributed by atoms with Gasteiger partial charge in [0.15, 0.2) is 5.78 Å². The molecule has 0 amide bonds. The SMILES string of the molecule is C/C=C/C(=O)CCC1CCCO1. The van der Waals surface area contributed by atoms with Crippen molar-refractivity contribution < 1.29 is 9.53 Å². The van der Waals surface area contributed by atoms with E-state index in [1.165, 1.54) is 0 Å². The van der Waals surface area contributed by atoms with E-state index in [0.717, 1.165) is 25.9 Å². The Balaban J connectivity index is 2.11. The summed E-state index contributed by atoms with van der Waals surface area (Å²) in [4.78, 5) is 11.1. The van der Waals surface area contributed by atoms with E-state index in [9.17, 15) is 4.79 Å². The smallest absolute Gasteiger partial charge is 0.155 e. The van der Waals surface area contributed by atoms with Gasteiger partial charge in [-0.3, -0.25) is 4.79 Å². The maximum Gasteiger partial charge on any atom is 0.155 e. The van der Waals surface area contributed by atoms with Crippen molar-refractivity contribution in [2.24, 2.45) is 0 Å². The van der Waals surface area contributed by atoms with Crippen molar-refractivity contribution in [3.8, 4) is 0 Å². The number of carbonyl (C=O) groups excluding carboxylic acids is 1. The summed E-state index contributed by atoms with van der Waals surface area (Å²) < 4.78 is 5.41. The fraction of sp³-hybridized carbons (Fsp3) is 0.700. The van der Waals surface area contributed by atoms with Crippen LogP contribution < -0.4 is 0 Å². The van der Waals surface area contributed by atoms with Gasteiger partial charge in [0.2, 0.25) is 0 Å². The molecule has 0 saturated carbocycles. The van der Waals surface area contributed by atoms with Gasteiger partial charge >= 0.3 is 0 Å². The molecule has 1 rings (SSSR count). The summed E-state index contributed by atoms with van der Waals surface area (Å²) in [5.74, 6) is 0.216. The fourth-order valence-electron chi connectivity index (χ4n) is 1.44. The molecule has 1 aliphatic rings. The molecule has 1 saturated heterocycles. The average molecular weight is 168 g/mol. The van der Waals surface area contributed by atoms with E-state index in [1.54, 1.807) is 12.2 Å². The number of ketones is 1. The quantitative estimate of drug-likeness (QED) is 0.601. The zero-order chi connectivity index (χ0) is 8.81. The molecule has 12 heavy (non-hydrogen) atoms. The summed E-state index contributed by atoms with van der Waals surface area (Å²) in [7, 11) is 0. The second-order valence-electron chi connectivity index (χ2n) is 3.14. The number of carbonyl (C=O) groups is 1. The van der Waals surface area contributed by atoms with E-state index in [0.29, 0.717) is 12.5 Å². The van der Waals surface area contributed by atoms with Crippen LogP contribution in [0, 0.1) is 0 Å². The van der Waals surface area contributed by atoms with E-state index in [4.69, 9.17) is 4.74 Å². The molecule has 0 aromatic heterocycles. The third-order valence-electron chi connectivity index (χ3n) is 2.09. The molecule has 0 aromatic carbocycles. The Morgan fingerprint density at radius 3 is 3.08 bits per heavy atom. The molecule has 1 unspecified atom stereocenters. The van der Waals surface area contributed by atoms with Crippen LogP contribution in [0.2, 0.25) is 0 Å². The van der Waals surface area contributed by atoms with Crippen LogP contribution in [0.4, 0.5) is 0 Å². The molecule has 2 heteroatoms. The van der Waals surface area contributed by atoms with Gasteiger partial charge in [-0.2, -0.15) is 0 Å². The molecule has 1 atom stereocenters. The summed E-state index contributed by atoms with van der Waals surface area (Å²) in [6, 6.07) is 0. The second-order valence-corrected chi connectivity index (χ2v) is 3.14. The lowest BCUT2D eigenvalue weighted by molar-refractivity contribution is -0.115. The molecule has 2 nitrogen and oxygen atoms in total. The lowest BCUT2D eigenvalue weighted by Crippen LogP contribution is -2.07. The first-order valence-electron chi connectivity index (χ1n) is 4.60. The maximum atomic E-state index is 11.1. The molecule has 68 valence electrons. The molecule has 1 heterocycles. The van der Waals surface area contributed by atoms with Crippen LogP contribution in [0.5, 0.6) is 0 Å². The predicted octanol–water partition coefficient (Wildman–Crippen LogP) is 2.09. The molecule has 0 radical (unpaired) electrons. The molecule has 0 aliphatic carbocycles. The summed E-state index contributed by atoms with van der Waals surface area (Å²) in [5, 5.41) is 0. The van der Waals surface area contributed by atoms with E-state index < -0.39 is 0 Å². The fourth-order valence-corrected chi connectivity index (χ4v) is 1.44. The first kappa shape index (κ1) is 9.46. The van der Waals surface area contributed by atoms with Gasteiger partial charge < -0.3 is 4.74 Å². The highest BCUT2D eigenvalue weighted by molar-refractivity contribution is 5.89. The Labute approximate surface area is 73.6 Å². The van der Waals surface area contributed by atoms with Gasteiger partial charge in [-0.25, -0.2) is 0 Å². The summed E-state index contributed by atoms with van der Waals surface area (Å²) in [6.45, 7) is 2.74. The molecular weight excluding hydrogens is 152 g/mol. The third kappa shape index (κ3) is 3.18. The van der Waals surface area contributed by atoms with Gasteiger partial charge in [-0.05, 0) is 32.3 Å². The van der Waals surface area contributed by atoms with Crippen molar-refractivity contribution in [3.05, 3.63) is 12.2 Å². The van der Waals surface area contributed by atoms with Crippen LogP contribution in [-0.4, -0.2) is 18.5 Å². The van der Waals surface area contributed by atoms with Gasteiger partial charge in [0.1, 0.15) is 0 Å². The molecule has 1 fully saturated rings. The molecule has 0 N–H and O–H groups in total. The monoisotopic (exact) mass is 168 g/mol. The Bertz CT molecular complexity index is 167. The predicted molar refractivity (Wildman–Crippen MR) is 48.0 cm³/mol. The van der Waals surface area contributed by atoms with Gasteiger partial charge in [0, 0.05) is 13.0 Å². The van der Waals surface area contributed by atoms with Crippen molar-refractivity contribution in [1.29, 1.82) is 0 Å². The summed E-state index contributed by atoms with van der Waals surface area (Å²) in [6.07, 6.45) is 7.58. The highest BCUT2D eigenvalue weighted by atomic mass is 16.5. The zero-order valence-corrected chi connectivity index (χ0v) is 7.58. The summed E-state index contributed by atoms with van der Waals surface area (Å²) >= 11 is 0. The molecule has 1 aliphatic heterocycles. The Morgan fingerprint density at radius 2 is 2.50 bits per heavy atom. The van der Waals surface area contributed by atoms with E-state index in [1.807, 2.05) is 6.92 Å². The first-order valence-corrected chi connectivity index (χ1v) is 4.60. The van der Waals surface area contributed by atoms with Gasteiger partial charge in [0.25, 0.3) is 0 Å². The van der Waals surface area contributed by atoms with Crippen molar-refractivity contribution >= 4 is 5.78 Å². The highest BCUT2D eigenvalue weighted by Gasteiger charge is 2.15. The number of hydrogen-bond acceptors (Lipinski definition) is 2. The lowest BCUT2D eigenvalue weighted by Gasteiger charge is -2.06. The van der Waals surface area contributed by atoms with Crippen molar-refractivity contribution in [3.63, 3.8) is 0 Å². The van der Waals surface area contributed by atoms with Crippen LogP contribution in [0.1, 0.15) is 32.6 Å². The maximum absolute atomic E-state index is 11.1. The Kier molecular flexibility index (Phi) is 4.01. The van der Waals surface area contributed by atoms with E-state index >= 15 is 0 Å². The van der Waals surface area contributed by atoms with Crippen LogP contribution >= 0.6 is 0 Å². The Hall–Kier alpha value is -0.630. The number of allylic oxidation sites excluding steroid dienone is 2. The normalized spacial score (nSPS) is 23.6. The topological polar surface area (TPSA) is 26.3 Å².